The fraction of sp³-hybridized carbons (Fsp3) is 0.750. The number of hydrogen-bond acceptors (Lipinski definition) is 3. The van der Waals surface area contributed by atoms with E-state index in [9.17, 15) is 9.59 Å². The van der Waals surface area contributed by atoms with Crippen LogP contribution >= 0.6 is 0 Å². The summed E-state index contributed by atoms with van der Waals surface area (Å²) < 4.78 is 0. The van der Waals surface area contributed by atoms with Gasteiger partial charge in [0.25, 0.3) is 0 Å². The van der Waals surface area contributed by atoms with Gasteiger partial charge in [0.05, 0.1) is 0 Å². The van der Waals surface area contributed by atoms with Crippen molar-refractivity contribution in [3.05, 3.63) is 0 Å². The van der Waals surface area contributed by atoms with E-state index in [0.29, 0.717) is 13.0 Å². The second-order valence-corrected chi connectivity index (χ2v) is 2.01. The van der Waals surface area contributed by atoms with E-state index in [0.717, 1.165) is 0 Å². The lowest BCUT2D eigenvalue weighted by Crippen LogP contribution is -2.27. The van der Waals surface area contributed by atoms with Crippen LogP contribution in [0.25, 0.3) is 0 Å². The van der Waals surface area contributed by atoms with E-state index in [1.54, 1.807) is 0 Å². The van der Waals surface area contributed by atoms with Crippen LogP contribution in [0.4, 0.5) is 0 Å². The molecule has 0 spiro atoms. The Bertz CT molecular complexity index is 147. The minimum Gasteiger partial charge on any atom is -0.481 e. The van der Waals surface area contributed by atoms with Crippen LogP contribution in [0.1, 0.15) is 26.7 Å². The molecule has 5 heteroatoms. The zero-order valence-electron chi connectivity index (χ0n) is 8.04. The molecule has 13 heavy (non-hydrogen) atoms. The Morgan fingerprint density at radius 1 is 1.31 bits per heavy atom. The van der Waals surface area contributed by atoms with Gasteiger partial charge in [0.2, 0.25) is 5.91 Å². The predicted molar refractivity (Wildman–Crippen MR) is 48.3 cm³/mol. The third-order valence-corrected chi connectivity index (χ3v) is 1.03. The number of carboxylic acids is 1. The van der Waals surface area contributed by atoms with Crippen LogP contribution in [-0.4, -0.2) is 35.2 Å². The molecule has 0 rings (SSSR count). The largest absolute Gasteiger partial charge is 0.481 e. The minimum absolute atomic E-state index is 0.0334. The van der Waals surface area contributed by atoms with E-state index < -0.39 is 18.5 Å². The van der Waals surface area contributed by atoms with Crippen molar-refractivity contribution >= 4 is 11.9 Å². The molecule has 0 aromatic rings. The normalized spacial score (nSPS) is 8.23. The first-order chi connectivity index (χ1) is 6.16. The zero-order valence-corrected chi connectivity index (χ0v) is 8.04. The Morgan fingerprint density at radius 2 is 1.85 bits per heavy atom. The molecule has 0 radical (unpaired) electrons. The zero-order chi connectivity index (χ0) is 10.7. The summed E-state index contributed by atoms with van der Waals surface area (Å²) in [5, 5.41) is 18.7. The average molecular weight is 191 g/mol. The fourth-order valence-corrected chi connectivity index (χ4v) is 0.523. The molecule has 0 aromatic carbocycles. The molecule has 0 heterocycles. The van der Waals surface area contributed by atoms with Gasteiger partial charge in [0.1, 0.15) is 6.61 Å². The Hall–Kier alpha value is -1.10. The van der Waals surface area contributed by atoms with E-state index >= 15 is 0 Å². The number of rotatable bonds is 5. The first-order valence-electron chi connectivity index (χ1n) is 4.26. The summed E-state index contributed by atoms with van der Waals surface area (Å²) in [5.74, 6) is -1.36. The quantitative estimate of drug-likeness (QED) is 0.533. The summed E-state index contributed by atoms with van der Waals surface area (Å²) in [7, 11) is 0. The van der Waals surface area contributed by atoms with Crippen molar-refractivity contribution in [2.24, 2.45) is 0 Å². The molecule has 78 valence electrons. The lowest BCUT2D eigenvalue weighted by molar-refractivity contribution is -0.137. The maximum atomic E-state index is 10.3. The Labute approximate surface area is 77.8 Å². The van der Waals surface area contributed by atoms with Gasteiger partial charge in [-0.25, -0.2) is 0 Å². The van der Waals surface area contributed by atoms with Gasteiger partial charge in [0.15, 0.2) is 0 Å². The van der Waals surface area contributed by atoms with Gasteiger partial charge < -0.3 is 15.5 Å². The highest BCUT2D eigenvalue weighted by Gasteiger charge is 1.98. The number of carbonyl (C=O) groups excluding carboxylic acids is 1. The lowest BCUT2D eigenvalue weighted by Gasteiger charge is -1.99. The standard InChI is InChI=1S/C6H11NO4.C2H6/c8-4-5(9)7-3-1-2-6(10)11;1-2/h8H,1-4H2,(H,7,9)(H,10,11);1-2H3. The average Bonchev–Trinajstić information content (AvgIpc) is 2.15. The summed E-state index contributed by atoms with van der Waals surface area (Å²) >= 11 is 0. The van der Waals surface area contributed by atoms with Gasteiger partial charge in [-0.1, -0.05) is 13.8 Å². The van der Waals surface area contributed by atoms with E-state index in [4.69, 9.17) is 10.2 Å². The molecule has 0 atom stereocenters. The smallest absolute Gasteiger partial charge is 0.303 e. The van der Waals surface area contributed by atoms with Crippen molar-refractivity contribution in [3.8, 4) is 0 Å². The number of carbonyl (C=O) groups is 2. The molecule has 0 unspecified atom stereocenters. The molecule has 0 saturated carbocycles. The van der Waals surface area contributed by atoms with Gasteiger partial charge in [-0.15, -0.1) is 0 Å². The van der Waals surface area contributed by atoms with Crippen molar-refractivity contribution < 1.29 is 19.8 Å². The number of aliphatic hydroxyl groups excluding tert-OH is 1. The summed E-state index contributed by atoms with van der Waals surface area (Å²) in [5.41, 5.74) is 0. The molecular weight excluding hydrogens is 174 g/mol. The van der Waals surface area contributed by atoms with E-state index in [-0.39, 0.29) is 6.42 Å². The Morgan fingerprint density at radius 3 is 2.23 bits per heavy atom. The summed E-state index contributed by atoms with van der Waals surface area (Å²) in [6.07, 6.45) is 0.423. The second kappa shape index (κ2) is 10.9. The third kappa shape index (κ3) is 13.8. The van der Waals surface area contributed by atoms with E-state index in [1.807, 2.05) is 13.8 Å². The summed E-state index contributed by atoms with van der Waals surface area (Å²) in [6.45, 7) is 3.75. The van der Waals surface area contributed by atoms with Crippen LogP contribution in [-0.2, 0) is 9.59 Å². The van der Waals surface area contributed by atoms with Gasteiger partial charge in [-0.3, -0.25) is 9.59 Å². The minimum atomic E-state index is -0.886. The van der Waals surface area contributed by atoms with Crippen LogP contribution in [0.5, 0.6) is 0 Å². The van der Waals surface area contributed by atoms with Crippen LogP contribution in [0, 0.1) is 0 Å². The molecule has 0 aromatic heterocycles. The molecule has 1 amide bonds. The van der Waals surface area contributed by atoms with Crippen molar-refractivity contribution in [1.82, 2.24) is 5.32 Å². The van der Waals surface area contributed by atoms with Crippen molar-refractivity contribution in [2.75, 3.05) is 13.2 Å². The number of carboxylic acid groups (broad SMARTS) is 1. The molecule has 0 aliphatic carbocycles. The SMILES string of the molecule is CC.O=C(O)CCCNC(=O)CO. The third-order valence-electron chi connectivity index (χ3n) is 1.03. The number of aliphatic hydroxyl groups is 1. The van der Waals surface area contributed by atoms with Gasteiger partial charge in [0, 0.05) is 13.0 Å². The highest BCUT2D eigenvalue weighted by molar-refractivity contribution is 5.76. The number of amides is 1. The van der Waals surface area contributed by atoms with Gasteiger partial charge >= 0.3 is 5.97 Å². The van der Waals surface area contributed by atoms with Crippen LogP contribution in [0.3, 0.4) is 0 Å². The fourth-order valence-electron chi connectivity index (χ4n) is 0.523. The Balaban J connectivity index is 0. The highest BCUT2D eigenvalue weighted by Crippen LogP contribution is 1.85. The number of hydrogen-bond donors (Lipinski definition) is 3. The van der Waals surface area contributed by atoms with E-state index in [1.165, 1.54) is 0 Å². The lowest BCUT2D eigenvalue weighted by atomic mass is 10.3. The first kappa shape index (κ1) is 14.4. The molecule has 5 nitrogen and oxygen atoms in total. The molecule has 3 N–H and O–H groups in total. The molecule has 0 bridgehead atoms. The molecular formula is C8H17NO4. The number of nitrogens with one attached hydrogen (secondary N) is 1. The maximum absolute atomic E-state index is 10.3. The number of aliphatic carboxylic acids is 1. The van der Waals surface area contributed by atoms with Gasteiger partial charge in [-0.05, 0) is 6.42 Å². The first-order valence-corrected chi connectivity index (χ1v) is 4.26. The Kier molecular flexibility index (Phi) is 12.1. The van der Waals surface area contributed by atoms with E-state index in [2.05, 4.69) is 5.32 Å². The van der Waals surface area contributed by atoms with Crippen LogP contribution < -0.4 is 5.32 Å². The summed E-state index contributed by atoms with van der Waals surface area (Å²) in [6, 6.07) is 0. The van der Waals surface area contributed by atoms with Crippen molar-refractivity contribution in [2.45, 2.75) is 26.7 Å². The second-order valence-electron chi connectivity index (χ2n) is 2.01. The monoisotopic (exact) mass is 191 g/mol. The van der Waals surface area contributed by atoms with Crippen molar-refractivity contribution in [3.63, 3.8) is 0 Å². The maximum Gasteiger partial charge on any atom is 0.303 e. The topological polar surface area (TPSA) is 86.6 Å². The van der Waals surface area contributed by atoms with Crippen LogP contribution in [0.2, 0.25) is 0 Å². The van der Waals surface area contributed by atoms with Crippen molar-refractivity contribution in [1.29, 1.82) is 0 Å². The highest BCUT2D eigenvalue weighted by atomic mass is 16.4. The van der Waals surface area contributed by atoms with Crippen LogP contribution in [0.15, 0.2) is 0 Å². The molecule has 0 fully saturated rings. The summed E-state index contributed by atoms with van der Waals surface area (Å²) in [4.78, 5) is 20.3. The molecule has 0 aliphatic rings. The van der Waals surface area contributed by atoms with Gasteiger partial charge in [-0.2, -0.15) is 0 Å². The molecule has 0 aliphatic heterocycles. The predicted octanol–water partition coefficient (Wildman–Crippen LogP) is -0.0141. The molecule has 0 saturated heterocycles.